The number of anilines is 1. The molecule has 41 heavy (non-hydrogen) atoms. The van der Waals surface area contributed by atoms with E-state index in [1.54, 1.807) is 30.0 Å². The zero-order chi connectivity index (χ0) is 28.8. The number of nitrogens with one attached hydrogen (secondary N) is 2. The summed E-state index contributed by atoms with van der Waals surface area (Å²) in [6.07, 6.45) is 0.504. The van der Waals surface area contributed by atoms with E-state index in [2.05, 4.69) is 71.1 Å². The molecule has 1 unspecified atom stereocenters. The summed E-state index contributed by atoms with van der Waals surface area (Å²) >= 11 is 14.1. The van der Waals surface area contributed by atoms with Crippen LogP contribution in [-0.4, -0.2) is 20.8 Å². The number of halogens is 2. The highest BCUT2D eigenvalue weighted by Gasteiger charge is 2.25. The molecule has 4 aromatic carbocycles. The number of hydrogen-bond acceptors (Lipinski definition) is 4. The summed E-state index contributed by atoms with van der Waals surface area (Å²) in [7, 11) is 0. The Labute approximate surface area is 254 Å². The Morgan fingerprint density at radius 1 is 0.854 bits per heavy atom. The minimum absolute atomic E-state index is 0.279. The Morgan fingerprint density at radius 2 is 1.59 bits per heavy atom. The average Bonchev–Trinajstić information content (AvgIpc) is 3.39. The molecular weight excluding hydrogens is 573 g/mol. The van der Waals surface area contributed by atoms with E-state index >= 15 is 0 Å². The van der Waals surface area contributed by atoms with Crippen LogP contribution >= 0.6 is 35.0 Å². The van der Waals surface area contributed by atoms with Crippen LogP contribution < -0.4 is 10.6 Å². The lowest BCUT2D eigenvalue weighted by Gasteiger charge is -2.21. The molecule has 1 aromatic heterocycles. The molecule has 0 saturated carbocycles. The highest BCUT2D eigenvalue weighted by Crippen LogP contribution is 2.31. The Morgan fingerprint density at radius 3 is 2.34 bits per heavy atom. The van der Waals surface area contributed by atoms with Crippen molar-refractivity contribution in [3.05, 3.63) is 135 Å². The topological polar surface area (TPSA) is 71.8 Å². The lowest BCUT2D eigenvalue weighted by atomic mass is 10.1. The van der Waals surface area contributed by atoms with Gasteiger partial charge in [-0.15, -0.1) is 10.2 Å². The van der Waals surface area contributed by atoms with E-state index < -0.39 is 12.1 Å². The first-order valence-electron chi connectivity index (χ1n) is 13.1. The molecule has 0 aliphatic carbocycles. The molecule has 0 spiro atoms. The SMILES string of the molecule is Cc1ccc(-n2c(SCc3cccc(C)c3)nnc2C(Cc2ccccc2)NC(=O)Nc2cccc(Cl)c2Cl)cc1. The lowest BCUT2D eigenvalue weighted by Crippen LogP contribution is -2.35. The van der Waals surface area contributed by atoms with Crippen molar-refractivity contribution in [1.82, 2.24) is 20.1 Å². The lowest BCUT2D eigenvalue weighted by molar-refractivity contribution is 0.247. The summed E-state index contributed by atoms with van der Waals surface area (Å²) < 4.78 is 2.03. The maximum Gasteiger partial charge on any atom is 0.319 e. The van der Waals surface area contributed by atoms with Crippen molar-refractivity contribution in [1.29, 1.82) is 0 Å². The van der Waals surface area contributed by atoms with Gasteiger partial charge in [-0.1, -0.05) is 119 Å². The minimum atomic E-state index is -0.502. The van der Waals surface area contributed by atoms with Gasteiger partial charge in [0.05, 0.1) is 21.8 Å². The van der Waals surface area contributed by atoms with Crippen molar-refractivity contribution >= 4 is 46.7 Å². The second-order valence-corrected chi connectivity index (χ2v) is 11.5. The fourth-order valence-corrected chi connectivity index (χ4v) is 5.71. The molecule has 208 valence electrons. The summed E-state index contributed by atoms with van der Waals surface area (Å²) in [4.78, 5) is 13.3. The third kappa shape index (κ3) is 7.30. The Bertz CT molecular complexity index is 1640. The number of rotatable bonds is 9. The van der Waals surface area contributed by atoms with Crippen LogP contribution in [-0.2, 0) is 12.2 Å². The molecule has 9 heteroatoms. The number of nitrogens with zero attached hydrogens (tertiary/aromatic N) is 3. The second kappa shape index (κ2) is 13.3. The van der Waals surface area contributed by atoms with Gasteiger partial charge in [-0.2, -0.15) is 0 Å². The maximum absolute atomic E-state index is 13.3. The fourth-order valence-electron chi connectivity index (χ4n) is 4.46. The smallest absolute Gasteiger partial charge is 0.319 e. The van der Waals surface area contributed by atoms with Crippen molar-refractivity contribution in [2.75, 3.05) is 5.32 Å². The summed E-state index contributed by atoms with van der Waals surface area (Å²) in [5.41, 5.74) is 5.94. The largest absolute Gasteiger partial charge is 0.327 e. The van der Waals surface area contributed by atoms with Crippen molar-refractivity contribution in [2.24, 2.45) is 0 Å². The minimum Gasteiger partial charge on any atom is -0.327 e. The molecule has 1 heterocycles. The zero-order valence-electron chi connectivity index (χ0n) is 22.6. The first-order valence-corrected chi connectivity index (χ1v) is 14.9. The third-order valence-electron chi connectivity index (χ3n) is 6.50. The quantitative estimate of drug-likeness (QED) is 0.166. The number of thioether (sulfide) groups is 1. The molecule has 0 fully saturated rings. The summed E-state index contributed by atoms with van der Waals surface area (Å²) in [5.74, 6) is 1.35. The van der Waals surface area contributed by atoms with E-state index in [1.165, 1.54) is 11.1 Å². The Balaban J connectivity index is 1.50. The highest BCUT2D eigenvalue weighted by molar-refractivity contribution is 7.98. The van der Waals surface area contributed by atoms with Crippen LogP contribution in [0, 0.1) is 13.8 Å². The number of carbonyl (C=O) groups excluding carboxylic acids is 1. The van der Waals surface area contributed by atoms with Gasteiger partial charge in [-0.25, -0.2) is 4.79 Å². The first kappa shape index (κ1) is 28.7. The van der Waals surface area contributed by atoms with E-state index in [1.807, 2.05) is 47.0 Å². The summed E-state index contributed by atoms with van der Waals surface area (Å²) in [6.45, 7) is 4.14. The van der Waals surface area contributed by atoms with Gasteiger partial charge in [-0.05, 0) is 49.2 Å². The van der Waals surface area contributed by atoms with Gasteiger partial charge in [-0.3, -0.25) is 4.57 Å². The van der Waals surface area contributed by atoms with Gasteiger partial charge >= 0.3 is 6.03 Å². The van der Waals surface area contributed by atoms with E-state index in [0.29, 0.717) is 23.0 Å². The standard InChI is InChI=1S/C32H29Cl2N5OS/c1-21-14-16-25(17-15-21)39-30(37-38-32(39)41-20-24-11-6-8-22(2)18-24)28(19-23-9-4-3-5-10-23)36-31(40)35-27-13-7-12-26(33)29(27)34/h3-18,28H,19-20H2,1-2H3,(H2,35,36,40). The summed E-state index contributed by atoms with van der Waals surface area (Å²) in [5, 5.41) is 16.6. The molecule has 6 nitrogen and oxygen atoms in total. The predicted octanol–water partition coefficient (Wildman–Crippen LogP) is 8.59. The first-order chi connectivity index (χ1) is 19.9. The van der Waals surface area contributed by atoms with Crippen molar-refractivity contribution in [2.45, 2.75) is 37.2 Å². The predicted molar refractivity (Wildman–Crippen MR) is 168 cm³/mol. The van der Waals surface area contributed by atoms with Gasteiger partial charge in [0.25, 0.3) is 0 Å². The molecule has 5 rings (SSSR count). The monoisotopic (exact) mass is 601 g/mol. The molecule has 5 aromatic rings. The second-order valence-electron chi connectivity index (χ2n) is 9.73. The molecule has 0 saturated heterocycles. The highest BCUT2D eigenvalue weighted by atomic mass is 35.5. The van der Waals surface area contributed by atoms with E-state index in [0.717, 1.165) is 27.7 Å². The van der Waals surface area contributed by atoms with E-state index in [4.69, 9.17) is 23.2 Å². The molecule has 0 aliphatic rings. The Kier molecular flexibility index (Phi) is 9.29. The van der Waals surface area contributed by atoms with Crippen LogP contribution in [0.2, 0.25) is 10.0 Å². The van der Waals surface area contributed by atoms with E-state index in [9.17, 15) is 4.79 Å². The van der Waals surface area contributed by atoms with Crippen LogP contribution in [0.4, 0.5) is 10.5 Å². The van der Waals surface area contributed by atoms with Crippen LogP contribution in [0.3, 0.4) is 0 Å². The number of aromatic nitrogens is 3. The molecular formula is C32H29Cl2N5OS. The van der Waals surface area contributed by atoms with Crippen LogP contribution in [0.25, 0.3) is 5.69 Å². The Hall–Kier alpha value is -3.78. The van der Waals surface area contributed by atoms with Crippen LogP contribution in [0.15, 0.2) is 102 Å². The maximum atomic E-state index is 13.3. The van der Waals surface area contributed by atoms with Gasteiger partial charge in [0.1, 0.15) is 0 Å². The summed E-state index contributed by atoms with van der Waals surface area (Å²) in [6, 6.07) is 30.8. The van der Waals surface area contributed by atoms with E-state index in [-0.39, 0.29) is 5.02 Å². The van der Waals surface area contributed by atoms with Gasteiger partial charge in [0.15, 0.2) is 11.0 Å². The number of amides is 2. The van der Waals surface area contributed by atoms with Crippen LogP contribution in [0.5, 0.6) is 0 Å². The number of aryl methyl sites for hydroxylation is 2. The number of benzene rings is 4. The molecule has 0 aliphatic heterocycles. The zero-order valence-corrected chi connectivity index (χ0v) is 25.0. The fraction of sp³-hybridized carbons (Fsp3) is 0.156. The van der Waals surface area contributed by atoms with Crippen LogP contribution in [0.1, 0.15) is 34.1 Å². The van der Waals surface area contributed by atoms with Gasteiger partial charge < -0.3 is 10.6 Å². The molecule has 2 amide bonds. The van der Waals surface area contributed by atoms with Crippen molar-refractivity contribution in [3.63, 3.8) is 0 Å². The number of carbonyl (C=O) groups is 1. The average molecular weight is 603 g/mol. The molecule has 1 atom stereocenters. The molecule has 0 bridgehead atoms. The van der Waals surface area contributed by atoms with Gasteiger partial charge in [0.2, 0.25) is 0 Å². The number of urea groups is 1. The third-order valence-corrected chi connectivity index (χ3v) is 8.32. The van der Waals surface area contributed by atoms with Gasteiger partial charge in [0, 0.05) is 17.9 Å². The number of hydrogen-bond donors (Lipinski definition) is 2. The normalized spacial score (nSPS) is 11.7. The molecule has 0 radical (unpaired) electrons. The van der Waals surface area contributed by atoms with Crippen molar-refractivity contribution in [3.8, 4) is 5.69 Å². The van der Waals surface area contributed by atoms with Crippen molar-refractivity contribution < 1.29 is 4.79 Å². The molecule has 2 N–H and O–H groups in total.